The van der Waals surface area contributed by atoms with Crippen molar-refractivity contribution in [3.8, 4) is 0 Å². The molecule has 1 N–H and O–H groups in total. The molecule has 7 nitrogen and oxygen atoms in total. The SMILES string of the molecule is C=C/C=C\c1c(C)[nH]c2c1C[C@H](C(=O)OC)N(C(=O)CCl)C2c1ccc(C(=O)OC)cc1. The van der Waals surface area contributed by atoms with E-state index < -0.39 is 29.9 Å². The van der Waals surface area contributed by atoms with Gasteiger partial charge in [-0.05, 0) is 35.7 Å². The minimum atomic E-state index is -0.852. The molecule has 2 atom stereocenters. The number of hydrogen-bond acceptors (Lipinski definition) is 5. The molecule has 1 aromatic heterocycles. The number of alkyl halides is 1. The number of aromatic amines is 1. The van der Waals surface area contributed by atoms with Gasteiger partial charge in [0.05, 0.1) is 25.8 Å². The third kappa shape index (κ3) is 4.21. The Balaban J connectivity index is 2.23. The molecule has 1 aromatic carbocycles. The molecule has 2 heterocycles. The summed E-state index contributed by atoms with van der Waals surface area (Å²) in [6.45, 7) is 5.65. The third-order valence-electron chi connectivity index (χ3n) is 5.58. The van der Waals surface area contributed by atoms with E-state index in [0.29, 0.717) is 11.1 Å². The van der Waals surface area contributed by atoms with E-state index in [1.807, 2.05) is 19.1 Å². The highest BCUT2D eigenvalue weighted by Crippen LogP contribution is 2.41. The zero-order valence-corrected chi connectivity index (χ0v) is 18.9. The average Bonchev–Trinajstić information content (AvgIpc) is 3.14. The molecule has 3 rings (SSSR count). The first kappa shape index (κ1) is 23.3. The molecule has 1 aliphatic rings. The fraction of sp³-hybridized carbons (Fsp3) is 0.292. The summed E-state index contributed by atoms with van der Waals surface area (Å²) in [5.41, 5.74) is 4.62. The molecule has 0 radical (unpaired) electrons. The first-order chi connectivity index (χ1) is 15.4. The quantitative estimate of drug-likeness (QED) is 0.408. The van der Waals surface area contributed by atoms with Crippen LogP contribution in [0.1, 0.15) is 44.5 Å². The van der Waals surface area contributed by atoms with Gasteiger partial charge in [-0.1, -0.05) is 36.9 Å². The number of carbonyl (C=O) groups is 3. The fourth-order valence-electron chi connectivity index (χ4n) is 4.14. The van der Waals surface area contributed by atoms with E-state index in [9.17, 15) is 14.4 Å². The highest BCUT2D eigenvalue weighted by atomic mass is 35.5. The molecule has 1 amide bonds. The molecule has 2 aromatic rings. The lowest BCUT2D eigenvalue weighted by Crippen LogP contribution is -2.52. The minimum Gasteiger partial charge on any atom is -0.467 e. The van der Waals surface area contributed by atoms with Crippen molar-refractivity contribution >= 4 is 35.5 Å². The molecular weight excluding hydrogens is 432 g/mol. The molecule has 0 spiro atoms. The number of aryl methyl sites for hydroxylation is 1. The topological polar surface area (TPSA) is 88.7 Å². The number of aromatic nitrogens is 1. The molecule has 0 fully saturated rings. The zero-order chi connectivity index (χ0) is 23.4. The first-order valence-electron chi connectivity index (χ1n) is 10.0. The summed E-state index contributed by atoms with van der Waals surface area (Å²) in [4.78, 5) is 42.4. The number of rotatable bonds is 6. The van der Waals surface area contributed by atoms with Crippen LogP contribution in [0.3, 0.4) is 0 Å². The Labute approximate surface area is 191 Å². The van der Waals surface area contributed by atoms with Crippen molar-refractivity contribution in [3.05, 3.63) is 76.6 Å². The molecule has 1 unspecified atom stereocenters. The van der Waals surface area contributed by atoms with E-state index in [4.69, 9.17) is 21.1 Å². The number of esters is 2. The van der Waals surface area contributed by atoms with Gasteiger partial charge < -0.3 is 19.4 Å². The molecule has 8 heteroatoms. The summed E-state index contributed by atoms with van der Waals surface area (Å²) in [5, 5.41) is 0. The van der Waals surface area contributed by atoms with E-state index in [2.05, 4.69) is 11.6 Å². The summed E-state index contributed by atoms with van der Waals surface area (Å²) in [6.07, 6.45) is 5.69. The summed E-state index contributed by atoms with van der Waals surface area (Å²) < 4.78 is 9.80. The number of halogens is 1. The molecule has 32 heavy (non-hydrogen) atoms. The standard InChI is InChI=1S/C24H25ClN2O5/c1-5-6-7-17-14(2)26-21-18(17)12-19(24(30)32-4)27(20(28)13-25)22(21)15-8-10-16(11-9-15)23(29)31-3/h5-11,19,22,26H,1,12-13H2,2-4H3/b7-6-/t19-,22?/m1/s1. The van der Waals surface area contributed by atoms with Crippen molar-refractivity contribution in [1.82, 2.24) is 9.88 Å². The predicted octanol–water partition coefficient (Wildman–Crippen LogP) is 3.56. The monoisotopic (exact) mass is 456 g/mol. The van der Waals surface area contributed by atoms with Gasteiger partial charge in [-0.3, -0.25) is 4.79 Å². The third-order valence-corrected chi connectivity index (χ3v) is 5.81. The molecular formula is C24H25ClN2O5. The summed E-state index contributed by atoms with van der Waals surface area (Å²) in [6, 6.07) is 5.26. The van der Waals surface area contributed by atoms with Gasteiger partial charge in [0.25, 0.3) is 0 Å². The van der Waals surface area contributed by atoms with Crippen LogP contribution < -0.4 is 0 Å². The Morgan fingerprint density at radius 3 is 2.47 bits per heavy atom. The number of benzene rings is 1. The van der Waals surface area contributed by atoms with Crippen molar-refractivity contribution in [2.24, 2.45) is 0 Å². The minimum absolute atomic E-state index is 0.280. The average molecular weight is 457 g/mol. The molecule has 0 saturated carbocycles. The number of nitrogens with zero attached hydrogens (tertiary/aromatic N) is 1. The summed E-state index contributed by atoms with van der Waals surface area (Å²) >= 11 is 5.93. The molecule has 0 bridgehead atoms. The Kier molecular flexibility index (Phi) is 7.20. The number of H-pyrrole nitrogens is 1. The van der Waals surface area contributed by atoms with Gasteiger partial charge in [-0.25, -0.2) is 9.59 Å². The molecule has 168 valence electrons. The summed E-state index contributed by atoms with van der Waals surface area (Å²) in [5.74, 6) is -1.68. The van der Waals surface area contributed by atoms with Crippen LogP contribution >= 0.6 is 11.6 Å². The lowest BCUT2D eigenvalue weighted by atomic mass is 9.87. The van der Waals surface area contributed by atoms with Crippen molar-refractivity contribution in [1.29, 1.82) is 0 Å². The number of hydrogen-bond donors (Lipinski definition) is 1. The van der Waals surface area contributed by atoms with Gasteiger partial charge in [0, 0.05) is 17.8 Å². The van der Waals surface area contributed by atoms with Gasteiger partial charge in [0.1, 0.15) is 11.9 Å². The van der Waals surface area contributed by atoms with Crippen molar-refractivity contribution in [2.45, 2.75) is 25.4 Å². The normalized spacial score (nSPS) is 17.7. The fourth-order valence-corrected chi connectivity index (χ4v) is 4.27. The van der Waals surface area contributed by atoms with E-state index in [0.717, 1.165) is 22.5 Å². The van der Waals surface area contributed by atoms with E-state index >= 15 is 0 Å². The van der Waals surface area contributed by atoms with Crippen LogP contribution in [0.4, 0.5) is 0 Å². The Morgan fingerprint density at radius 2 is 1.91 bits per heavy atom. The predicted molar refractivity (Wildman–Crippen MR) is 121 cm³/mol. The highest BCUT2D eigenvalue weighted by Gasteiger charge is 2.44. The van der Waals surface area contributed by atoms with Crippen LogP contribution in [0.2, 0.25) is 0 Å². The lowest BCUT2D eigenvalue weighted by molar-refractivity contribution is -0.154. The maximum absolute atomic E-state index is 12.9. The van der Waals surface area contributed by atoms with Crippen LogP contribution in [0.15, 0.2) is 43.0 Å². The van der Waals surface area contributed by atoms with Crippen LogP contribution in [-0.2, 0) is 25.5 Å². The number of nitrogens with one attached hydrogen (secondary N) is 1. The number of methoxy groups -OCH3 is 2. The van der Waals surface area contributed by atoms with Crippen molar-refractivity contribution < 1.29 is 23.9 Å². The number of carbonyl (C=O) groups excluding carboxylic acids is 3. The molecule has 0 aliphatic carbocycles. The van der Waals surface area contributed by atoms with Crippen LogP contribution in [-0.4, -0.2) is 53.9 Å². The van der Waals surface area contributed by atoms with Crippen LogP contribution in [0.5, 0.6) is 0 Å². The second-order valence-corrected chi connectivity index (χ2v) is 7.61. The Bertz CT molecular complexity index is 1070. The first-order valence-corrected chi connectivity index (χ1v) is 10.5. The van der Waals surface area contributed by atoms with Gasteiger partial charge in [0.2, 0.25) is 5.91 Å². The van der Waals surface area contributed by atoms with Crippen LogP contribution in [0, 0.1) is 6.92 Å². The Hall–Kier alpha value is -3.32. The van der Waals surface area contributed by atoms with Gasteiger partial charge in [0.15, 0.2) is 0 Å². The molecule has 1 aliphatic heterocycles. The maximum atomic E-state index is 12.9. The van der Waals surface area contributed by atoms with Gasteiger partial charge >= 0.3 is 11.9 Å². The lowest BCUT2D eigenvalue weighted by Gasteiger charge is -2.40. The molecule has 0 saturated heterocycles. The van der Waals surface area contributed by atoms with Crippen molar-refractivity contribution in [2.75, 3.05) is 20.1 Å². The van der Waals surface area contributed by atoms with Gasteiger partial charge in [-0.2, -0.15) is 0 Å². The van der Waals surface area contributed by atoms with Gasteiger partial charge in [-0.15, -0.1) is 11.6 Å². The number of ether oxygens (including phenoxy) is 2. The maximum Gasteiger partial charge on any atom is 0.337 e. The summed E-state index contributed by atoms with van der Waals surface area (Å²) in [7, 11) is 2.60. The zero-order valence-electron chi connectivity index (χ0n) is 18.2. The van der Waals surface area contributed by atoms with E-state index in [1.54, 1.807) is 30.3 Å². The largest absolute Gasteiger partial charge is 0.467 e. The number of fused-ring (bicyclic) bond motifs is 1. The number of allylic oxidation sites excluding steroid dienone is 2. The number of amides is 1. The van der Waals surface area contributed by atoms with Crippen molar-refractivity contribution in [3.63, 3.8) is 0 Å². The van der Waals surface area contributed by atoms with Crippen LogP contribution in [0.25, 0.3) is 6.08 Å². The van der Waals surface area contributed by atoms with E-state index in [-0.39, 0.29) is 12.3 Å². The Morgan fingerprint density at radius 1 is 1.22 bits per heavy atom. The smallest absolute Gasteiger partial charge is 0.337 e. The second-order valence-electron chi connectivity index (χ2n) is 7.34. The second kappa shape index (κ2) is 9.87. The highest BCUT2D eigenvalue weighted by molar-refractivity contribution is 6.27. The van der Waals surface area contributed by atoms with E-state index in [1.165, 1.54) is 19.1 Å².